The molecule has 1 N–H and O–H groups in total. The fraction of sp³-hybridized carbons (Fsp3) is 0.273. The van der Waals surface area contributed by atoms with Crippen molar-refractivity contribution in [1.29, 1.82) is 0 Å². The summed E-state index contributed by atoms with van der Waals surface area (Å²) in [5, 5.41) is 0. The van der Waals surface area contributed by atoms with Crippen LogP contribution in [0.1, 0.15) is 18.1 Å². The molecule has 82 valence electrons. The van der Waals surface area contributed by atoms with Gasteiger partial charge in [0.15, 0.2) is 0 Å². The number of anilines is 1. The minimum absolute atomic E-state index is 0.116. The van der Waals surface area contributed by atoms with Gasteiger partial charge in [-0.05, 0) is 31.9 Å². The number of para-hydroxylation sites is 1. The highest BCUT2D eigenvalue weighted by Crippen LogP contribution is 2.22. The maximum Gasteiger partial charge on any atom is 0.257 e. The van der Waals surface area contributed by atoms with Crippen molar-refractivity contribution < 1.29 is 8.42 Å². The van der Waals surface area contributed by atoms with Gasteiger partial charge >= 0.3 is 0 Å². The van der Waals surface area contributed by atoms with Gasteiger partial charge in [-0.2, -0.15) is 0 Å². The molecule has 4 heteroatoms. The van der Waals surface area contributed by atoms with E-state index in [1.165, 1.54) is 6.92 Å². The van der Waals surface area contributed by atoms with Crippen LogP contribution in [0.5, 0.6) is 0 Å². The molecular formula is C11H15NO2S. The second-order valence-corrected chi connectivity index (χ2v) is 5.48. The van der Waals surface area contributed by atoms with Crippen LogP contribution >= 0.6 is 0 Å². The van der Waals surface area contributed by atoms with Crippen LogP contribution in [0.25, 0.3) is 0 Å². The third-order valence-corrected chi connectivity index (χ3v) is 3.57. The normalized spacial score (nSPS) is 11.1. The molecule has 0 aliphatic carbocycles. The van der Waals surface area contributed by atoms with Gasteiger partial charge in [-0.3, -0.25) is 4.72 Å². The van der Waals surface area contributed by atoms with E-state index < -0.39 is 10.0 Å². The van der Waals surface area contributed by atoms with Crippen LogP contribution in [0, 0.1) is 13.8 Å². The molecule has 0 saturated carbocycles. The molecule has 0 saturated heterocycles. The van der Waals surface area contributed by atoms with Gasteiger partial charge in [0, 0.05) is 0 Å². The number of aryl methyl sites for hydroxylation is 2. The van der Waals surface area contributed by atoms with Gasteiger partial charge in [0.25, 0.3) is 10.0 Å². The first kappa shape index (κ1) is 11.8. The minimum Gasteiger partial charge on any atom is -0.279 e. The molecule has 3 nitrogen and oxygen atoms in total. The predicted molar refractivity (Wildman–Crippen MR) is 63.3 cm³/mol. The van der Waals surface area contributed by atoms with Crippen LogP contribution < -0.4 is 4.72 Å². The van der Waals surface area contributed by atoms with Crippen molar-refractivity contribution in [1.82, 2.24) is 0 Å². The van der Waals surface area contributed by atoms with Crippen molar-refractivity contribution in [3.8, 4) is 0 Å². The third-order valence-electron chi connectivity index (χ3n) is 2.18. The molecule has 1 rings (SSSR count). The summed E-state index contributed by atoms with van der Waals surface area (Å²) in [6.45, 7) is 8.63. The second-order valence-electron chi connectivity index (χ2n) is 3.57. The molecule has 0 bridgehead atoms. The number of benzene rings is 1. The first-order valence-corrected chi connectivity index (χ1v) is 6.07. The van der Waals surface area contributed by atoms with E-state index in [2.05, 4.69) is 11.3 Å². The summed E-state index contributed by atoms with van der Waals surface area (Å²) in [6, 6.07) is 5.62. The largest absolute Gasteiger partial charge is 0.279 e. The Morgan fingerprint density at radius 1 is 1.27 bits per heavy atom. The van der Waals surface area contributed by atoms with E-state index in [0.717, 1.165) is 11.1 Å². The molecule has 0 atom stereocenters. The molecule has 0 fully saturated rings. The molecule has 0 unspecified atom stereocenters. The van der Waals surface area contributed by atoms with Crippen molar-refractivity contribution in [3.05, 3.63) is 40.8 Å². The predicted octanol–water partition coefficient (Wildman–Crippen LogP) is 2.58. The van der Waals surface area contributed by atoms with Gasteiger partial charge in [-0.15, -0.1) is 0 Å². The van der Waals surface area contributed by atoms with Crippen LogP contribution in [-0.4, -0.2) is 8.42 Å². The SMILES string of the molecule is C=C(C)S(=O)(=O)Nc1c(C)cccc1C. The highest BCUT2D eigenvalue weighted by molar-refractivity contribution is 7.96. The number of allylic oxidation sites excluding steroid dienone is 1. The maximum atomic E-state index is 11.6. The van der Waals surface area contributed by atoms with Crippen LogP contribution in [0.2, 0.25) is 0 Å². The molecule has 0 spiro atoms. The van der Waals surface area contributed by atoms with Gasteiger partial charge in [0.1, 0.15) is 0 Å². The highest BCUT2D eigenvalue weighted by Gasteiger charge is 2.13. The molecule has 0 aromatic heterocycles. The average molecular weight is 225 g/mol. The van der Waals surface area contributed by atoms with Gasteiger partial charge in [0.2, 0.25) is 0 Å². The lowest BCUT2D eigenvalue weighted by atomic mass is 10.1. The van der Waals surface area contributed by atoms with Crippen LogP contribution in [0.15, 0.2) is 29.7 Å². The van der Waals surface area contributed by atoms with Gasteiger partial charge < -0.3 is 0 Å². The molecule has 1 aromatic carbocycles. The standard InChI is InChI=1S/C11H15NO2S/c1-8(2)15(13,14)12-11-9(3)6-5-7-10(11)4/h5-7,12H,1H2,2-4H3. The Kier molecular flexibility index (Phi) is 3.19. The number of rotatable bonds is 3. The third kappa shape index (κ3) is 2.59. The zero-order valence-corrected chi connectivity index (χ0v) is 9.98. The Hall–Kier alpha value is -1.29. The van der Waals surface area contributed by atoms with E-state index in [9.17, 15) is 8.42 Å². The van der Waals surface area contributed by atoms with Crippen molar-refractivity contribution >= 4 is 15.7 Å². The molecule has 0 amide bonds. The van der Waals surface area contributed by atoms with E-state index in [1.54, 1.807) is 0 Å². The minimum atomic E-state index is -3.44. The Labute approximate surface area is 90.9 Å². The molecule has 15 heavy (non-hydrogen) atoms. The highest BCUT2D eigenvalue weighted by atomic mass is 32.2. The smallest absolute Gasteiger partial charge is 0.257 e. The number of hydrogen-bond acceptors (Lipinski definition) is 2. The summed E-state index contributed by atoms with van der Waals surface area (Å²) in [4.78, 5) is 0.116. The number of hydrogen-bond donors (Lipinski definition) is 1. The second kappa shape index (κ2) is 4.06. The molecule has 1 aromatic rings. The fourth-order valence-electron chi connectivity index (χ4n) is 1.20. The monoisotopic (exact) mass is 225 g/mol. The molecule has 0 aliphatic heterocycles. The van der Waals surface area contributed by atoms with E-state index in [4.69, 9.17) is 0 Å². The quantitative estimate of drug-likeness (QED) is 0.859. The first-order chi connectivity index (χ1) is 6.84. The van der Waals surface area contributed by atoms with E-state index in [0.29, 0.717) is 5.69 Å². The number of sulfonamides is 1. The van der Waals surface area contributed by atoms with Gasteiger partial charge in [0.05, 0.1) is 10.6 Å². The summed E-state index contributed by atoms with van der Waals surface area (Å²) in [5.74, 6) is 0. The summed E-state index contributed by atoms with van der Waals surface area (Å²) < 4.78 is 25.7. The van der Waals surface area contributed by atoms with Crippen molar-refractivity contribution in [3.63, 3.8) is 0 Å². The van der Waals surface area contributed by atoms with E-state index in [-0.39, 0.29) is 4.91 Å². The number of nitrogens with one attached hydrogen (secondary N) is 1. The zero-order chi connectivity index (χ0) is 11.6. The Morgan fingerprint density at radius 3 is 2.13 bits per heavy atom. The van der Waals surface area contributed by atoms with Crippen molar-refractivity contribution in [2.45, 2.75) is 20.8 Å². The first-order valence-electron chi connectivity index (χ1n) is 4.59. The van der Waals surface area contributed by atoms with E-state index >= 15 is 0 Å². The lowest BCUT2D eigenvalue weighted by Crippen LogP contribution is -2.14. The van der Waals surface area contributed by atoms with Crippen LogP contribution in [0.4, 0.5) is 5.69 Å². The average Bonchev–Trinajstić information content (AvgIpc) is 2.11. The lowest BCUT2D eigenvalue weighted by Gasteiger charge is -2.12. The molecular weight excluding hydrogens is 210 g/mol. The van der Waals surface area contributed by atoms with Crippen molar-refractivity contribution in [2.24, 2.45) is 0 Å². The molecule has 0 radical (unpaired) electrons. The summed E-state index contributed by atoms with van der Waals surface area (Å²) in [6.07, 6.45) is 0. The summed E-state index contributed by atoms with van der Waals surface area (Å²) >= 11 is 0. The zero-order valence-electron chi connectivity index (χ0n) is 9.16. The summed E-state index contributed by atoms with van der Waals surface area (Å²) in [7, 11) is -3.44. The van der Waals surface area contributed by atoms with Crippen LogP contribution in [-0.2, 0) is 10.0 Å². The topological polar surface area (TPSA) is 46.2 Å². The van der Waals surface area contributed by atoms with Crippen LogP contribution in [0.3, 0.4) is 0 Å². The summed E-state index contributed by atoms with van der Waals surface area (Å²) in [5.41, 5.74) is 2.44. The molecule has 0 heterocycles. The van der Waals surface area contributed by atoms with Gasteiger partial charge in [-0.25, -0.2) is 8.42 Å². The van der Waals surface area contributed by atoms with E-state index in [1.807, 2.05) is 32.0 Å². The van der Waals surface area contributed by atoms with Gasteiger partial charge in [-0.1, -0.05) is 24.8 Å². The Balaban J connectivity index is 3.16. The maximum absolute atomic E-state index is 11.6. The Bertz CT molecular complexity index is 469. The Morgan fingerprint density at radius 2 is 1.73 bits per heavy atom. The lowest BCUT2D eigenvalue weighted by molar-refractivity contribution is 0.607. The fourth-order valence-corrected chi connectivity index (χ4v) is 1.96. The molecule has 0 aliphatic rings. The van der Waals surface area contributed by atoms with Crippen molar-refractivity contribution in [2.75, 3.05) is 4.72 Å².